The second-order valence-corrected chi connectivity index (χ2v) is 5.01. The zero-order valence-electron chi connectivity index (χ0n) is 12.2. The average Bonchev–Trinajstić information content (AvgIpc) is 2.43. The molecule has 3 heteroatoms. The number of aromatic hydroxyl groups is 1. The Morgan fingerprint density at radius 3 is 2.45 bits per heavy atom. The van der Waals surface area contributed by atoms with Crippen molar-refractivity contribution in [3.8, 4) is 5.75 Å². The molecule has 2 aromatic carbocycles. The molecular weight excluding hydrogens is 250 g/mol. The predicted molar refractivity (Wildman–Crippen MR) is 82.1 cm³/mol. The number of aryl methyl sites for hydroxylation is 2. The second kappa shape index (κ2) is 6.44. The molecule has 0 aromatic heterocycles. The van der Waals surface area contributed by atoms with Crippen LogP contribution in [-0.2, 0) is 17.9 Å². The quantitative estimate of drug-likeness (QED) is 0.813. The molecule has 0 bridgehead atoms. The number of hydrogen-bond donors (Lipinski definition) is 2. The van der Waals surface area contributed by atoms with E-state index in [1.54, 1.807) is 13.2 Å². The normalized spacial score (nSPS) is 10.6. The largest absolute Gasteiger partial charge is 0.508 e. The highest BCUT2D eigenvalue weighted by molar-refractivity contribution is 5.57. The van der Waals surface area contributed by atoms with Gasteiger partial charge >= 0.3 is 0 Å². The Morgan fingerprint density at radius 1 is 1.05 bits per heavy atom. The van der Waals surface area contributed by atoms with Gasteiger partial charge in [-0.2, -0.15) is 0 Å². The van der Waals surface area contributed by atoms with Gasteiger partial charge in [-0.05, 0) is 48.2 Å². The monoisotopic (exact) mass is 271 g/mol. The molecule has 20 heavy (non-hydrogen) atoms. The fourth-order valence-electron chi connectivity index (χ4n) is 2.21. The molecule has 106 valence electrons. The van der Waals surface area contributed by atoms with Gasteiger partial charge in [-0.15, -0.1) is 0 Å². The van der Waals surface area contributed by atoms with Crippen LogP contribution >= 0.6 is 0 Å². The second-order valence-electron chi connectivity index (χ2n) is 5.01. The molecule has 0 aliphatic rings. The summed E-state index contributed by atoms with van der Waals surface area (Å²) in [6.07, 6.45) is 0. The van der Waals surface area contributed by atoms with Crippen LogP contribution in [0.15, 0.2) is 36.4 Å². The lowest BCUT2D eigenvalue weighted by atomic mass is 10.1. The van der Waals surface area contributed by atoms with E-state index >= 15 is 0 Å². The number of phenols is 1. The Bertz CT molecular complexity index is 594. The molecule has 0 saturated heterocycles. The number of methoxy groups -OCH3 is 1. The molecule has 2 N–H and O–H groups in total. The SMILES string of the molecule is COCc1ccccc1CNc1cc(C)c(O)cc1C. The van der Waals surface area contributed by atoms with Crippen LogP contribution < -0.4 is 5.32 Å². The highest BCUT2D eigenvalue weighted by Crippen LogP contribution is 2.25. The molecule has 2 rings (SSSR count). The Hall–Kier alpha value is -2.00. The van der Waals surface area contributed by atoms with Gasteiger partial charge in [0.2, 0.25) is 0 Å². The van der Waals surface area contributed by atoms with Crippen LogP contribution in [0.1, 0.15) is 22.3 Å². The first-order valence-electron chi connectivity index (χ1n) is 6.71. The predicted octanol–water partition coefficient (Wildman–Crippen LogP) is 3.77. The summed E-state index contributed by atoms with van der Waals surface area (Å²) in [6.45, 7) is 5.25. The molecule has 0 saturated carbocycles. The van der Waals surface area contributed by atoms with Gasteiger partial charge in [0, 0.05) is 19.3 Å². The fraction of sp³-hybridized carbons (Fsp3) is 0.294. The lowest BCUT2D eigenvalue weighted by Crippen LogP contribution is -2.05. The van der Waals surface area contributed by atoms with Gasteiger partial charge < -0.3 is 15.2 Å². The maximum absolute atomic E-state index is 9.68. The number of nitrogens with one attached hydrogen (secondary N) is 1. The van der Waals surface area contributed by atoms with Crippen LogP contribution in [0.4, 0.5) is 5.69 Å². The van der Waals surface area contributed by atoms with Crippen LogP contribution in [0.2, 0.25) is 0 Å². The van der Waals surface area contributed by atoms with Crippen molar-refractivity contribution in [1.29, 1.82) is 0 Å². The number of anilines is 1. The van der Waals surface area contributed by atoms with Gasteiger partial charge in [-0.1, -0.05) is 24.3 Å². The van der Waals surface area contributed by atoms with E-state index in [1.165, 1.54) is 11.1 Å². The van der Waals surface area contributed by atoms with Crippen molar-refractivity contribution in [1.82, 2.24) is 0 Å². The minimum absolute atomic E-state index is 0.341. The molecule has 0 amide bonds. The summed E-state index contributed by atoms with van der Waals surface area (Å²) < 4.78 is 5.22. The topological polar surface area (TPSA) is 41.5 Å². The lowest BCUT2D eigenvalue weighted by Gasteiger charge is -2.14. The minimum atomic E-state index is 0.341. The van der Waals surface area contributed by atoms with Crippen LogP contribution in [0.5, 0.6) is 5.75 Å². The van der Waals surface area contributed by atoms with E-state index in [0.717, 1.165) is 23.4 Å². The number of rotatable bonds is 5. The Balaban J connectivity index is 2.15. The summed E-state index contributed by atoms with van der Waals surface area (Å²) in [5.74, 6) is 0.341. The molecular formula is C17H21NO2. The van der Waals surface area contributed by atoms with E-state index in [-0.39, 0.29) is 0 Å². The highest BCUT2D eigenvalue weighted by atomic mass is 16.5. The first kappa shape index (κ1) is 14.4. The summed E-state index contributed by atoms with van der Waals surface area (Å²) in [4.78, 5) is 0. The van der Waals surface area contributed by atoms with Crippen LogP contribution in [0, 0.1) is 13.8 Å². The van der Waals surface area contributed by atoms with E-state index in [0.29, 0.717) is 12.4 Å². The molecule has 0 aliphatic heterocycles. The summed E-state index contributed by atoms with van der Waals surface area (Å²) in [7, 11) is 1.71. The standard InChI is InChI=1S/C17H21NO2/c1-12-9-17(19)13(2)8-16(12)18-10-14-6-4-5-7-15(14)11-20-3/h4-9,18-19H,10-11H2,1-3H3. The van der Waals surface area contributed by atoms with Crippen LogP contribution in [0.3, 0.4) is 0 Å². The van der Waals surface area contributed by atoms with Gasteiger partial charge in [0.1, 0.15) is 5.75 Å². The van der Waals surface area contributed by atoms with E-state index < -0.39 is 0 Å². The van der Waals surface area contributed by atoms with Crippen molar-refractivity contribution in [2.75, 3.05) is 12.4 Å². The summed E-state index contributed by atoms with van der Waals surface area (Å²) >= 11 is 0. The number of ether oxygens (including phenoxy) is 1. The number of benzene rings is 2. The van der Waals surface area contributed by atoms with Crippen molar-refractivity contribution in [2.45, 2.75) is 27.0 Å². The summed E-state index contributed by atoms with van der Waals surface area (Å²) in [6, 6.07) is 12.0. The number of hydrogen-bond acceptors (Lipinski definition) is 3. The van der Waals surface area contributed by atoms with Gasteiger partial charge in [0.05, 0.1) is 6.61 Å². The van der Waals surface area contributed by atoms with Crippen molar-refractivity contribution < 1.29 is 9.84 Å². The molecule has 0 radical (unpaired) electrons. The molecule has 0 spiro atoms. The zero-order chi connectivity index (χ0) is 14.5. The Morgan fingerprint density at radius 2 is 1.75 bits per heavy atom. The highest BCUT2D eigenvalue weighted by Gasteiger charge is 2.05. The van der Waals surface area contributed by atoms with Crippen LogP contribution in [0.25, 0.3) is 0 Å². The van der Waals surface area contributed by atoms with E-state index in [9.17, 15) is 5.11 Å². The van der Waals surface area contributed by atoms with E-state index in [2.05, 4.69) is 17.4 Å². The van der Waals surface area contributed by atoms with Gasteiger partial charge in [0.25, 0.3) is 0 Å². The average molecular weight is 271 g/mol. The minimum Gasteiger partial charge on any atom is -0.508 e. The molecule has 3 nitrogen and oxygen atoms in total. The van der Waals surface area contributed by atoms with E-state index in [4.69, 9.17) is 4.74 Å². The van der Waals surface area contributed by atoms with Crippen molar-refractivity contribution >= 4 is 5.69 Å². The third-order valence-electron chi connectivity index (χ3n) is 3.43. The maximum atomic E-state index is 9.68. The van der Waals surface area contributed by atoms with Gasteiger partial charge in [0.15, 0.2) is 0 Å². The number of phenolic OH excluding ortho intramolecular Hbond substituents is 1. The van der Waals surface area contributed by atoms with Crippen LogP contribution in [-0.4, -0.2) is 12.2 Å². The third kappa shape index (κ3) is 3.31. The first-order chi connectivity index (χ1) is 9.61. The van der Waals surface area contributed by atoms with Crippen molar-refractivity contribution in [2.24, 2.45) is 0 Å². The van der Waals surface area contributed by atoms with Gasteiger partial charge in [-0.3, -0.25) is 0 Å². The molecule has 2 aromatic rings. The molecule has 0 heterocycles. The third-order valence-corrected chi connectivity index (χ3v) is 3.43. The Kier molecular flexibility index (Phi) is 4.64. The fourth-order valence-corrected chi connectivity index (χ4v) is 2.21. The van der Waals surface area contributed by atoms with E-state index in [1.807, 2.05) is 32.0 Å². The smallest absolute Gasteiger partial charge is 0.118 e. The summed E-state index contributed by atoms with van der Waals surface area (Å²) in [5, 5.41) is 13.1. The van der Waals surface area contributed by atoms with Gasteiger partial charge in [-0.25, -0.2) is 0 Å². The Labute approximate surface area is 120 Å². The van der Waals surface area contributed by atoms with Crippen molar-refractivity contribution in [3.63, 3.8) is 0 Å². The molecule has 0 unspecified atom stereocenters. The lowest BCUT2D eigenvalue weighted by molar-refractivity contribution is 0.184. The molecule has 0 aliphatic carbocycles. The maximum Gasteiger partial charge on any atom is 0.118 e. The summed E-state index contributed by atoms with van der Waals surface area (Å²) in [5.41, 5.74) is 5.38. The first-order valence-corrected chi connectivity index (χ1v) is 6.71. The zero-order valence-corrected chi connectivity index (χ0v) is 12.2. The van der Waals surface area contributed by atoms with Crippen molar-refractivity contribution in [3.05, 3.63) is 58.7 Å². The molecule has 0 fully saturated rings. The molecule has 0 atom stereocenters.